The highest BCUT2D eigenvalue weighted by molar-refractivity contribution is 5.69. The van der Waals surface area contributed by atoms with Crippen molar-refractivity contribution in [2.75, 3.05) is 13.2 Å². The summed E-state index contributed by atoms with van der Waals surface area (Å²) in [6, 6.07) is -0.796. The van der Waals surface area contributed by atoms with Gasteiger partial charge in [-0.25, -0.2) is 4.79 Å². The van der Waals surface area contributed by atoms with E-state index in [0.29, 0.717) is 0 Å². The molecule has 0 unspecified atom stereocenters. The fourth-order valence-electron chi connectivity index (χ4n) is 1.35. The lowest BCUT2D eigenvalue weighted by molar-refractivity contribution is -0.00627. The largest absolute Gasteiger partial charge is 0.444 e. The molecule has 5 heteroatoms. The molecule has 0 aliphatic heterocycles. The van der Waals surface area contributed by atoms with Crippen molar-refractivity contribution >= 4 is 6.09 Å². The van der Waals surface area contributed by atoms with Crippen molar-refractivity contribution < 1.29 is 19.7 Å². The zero-order valence-corrected chi connectivity index (χ0v) is 11.3. The van der Waals surface area contributed by atoms with E-state index in [4.69, 9.17) is 4.74 Å². The van der Waals surface area contributed by atoms with E-state index < -0.39 is 23.8 Å². The van der Waals surface area contributed by atoms with Gasteiger partial charge in [-0.05, 0) is 20.8 Å². The van der Waals surface area contributed by atoms with Gasteiger partial charge < -0.3 is 14.9 Å². The Hall–Kier alpha value is -1.33. The van der Waals surface area contributed by atoms with Crippen molar-refractivity contribution in [3.63, 3.8) is 0 Å². The summed E-state index contributed by atoms with van der Waals surface area (Å²) < 4.78 is 5.21. The minimum absolute atomic E-state index is 0.172. The van der Waals surface area contributed by atoms with Gasteiger partial charge in [0.25, 0.3) is 0 Å². The third-order valence-electron chi connectivity index (χ3n) is 2.18. The van der Waals surface area contributed by atoms with E-state index in [1.54, 1.807) is 20.8 Å². The van der Waals surface area contributed by atoms with Crippen LogP contribution < -0.4 is 0 Å². The number of carbonyl (C=O) groups is 1. The Labute approximate surface area is 108 Å². The summed E-state index contributed by atoms with van der Waals surface area (Å²) in [5.41, 5.74) is -0.643. The molecule has 0 heterocycles. The second-order valence-electron chi connectivity index (χ2n) is 4.90. The van der Waals surface area contributed by atoms with Crippen LogP contribution in [0.2, 0.25) is 0 Å². The van der Waals surface area contributed by atoms with E-state index in [0.717, 1.165) is 0 Å². The van der Waals surface area contributed by atoms with Gasteiger partial charge >= 0.3 is 6.09 Å². The Morgan fingerprint density at radius 2 is 2.00 bits per heavy atom. The lowest BCUT2D eigenvalue weighted by atomic mass is 10.1. The standard InChI is InChI=1S/C13H23NO4/c1-6-8-14(10(9-15)11(16)7-2)12(17)18-13(3,4)5/h6-7,10-11,15-16H,1-2,8-9H2,3-5H3/t10-,11+/m0/s1. The molecule has 0 spiro atoms. The molecule has 18 heavy (non-hydrogen) atoms. The quantitative estimate of drug-likeness (QED) is 0.704. The number of rotatable bonds is 6. The lowest BCUT2D eigenvalue weighted by Crippen LogP contribution is -2.50. The molecule has 0 aromatic heterocycles. The van der Waals surface area contributed by atoms with Crippen LogP contribution in [0.3, 0.4) is 0 Å². The van der Waals surface area contributed by atoms with Crippen LogP contribution in [-0.2, 0) is 4.74 Å². The van der Waals surface area contributed by atoms with E-state index in [1.165, 1.54) is 17.1 Å². The maximum atomic E-state index is 12.0. The van der Waals surface area contributed by atoms with Gasteiger partial charge in [0, 0.05) is 6.54 Å². The van der Waals surface area contributed by atoms with Crippen LogP contribution in [0.15, 0.2) is 25.3 Å². The van der Waals surface area contributed by atoms with Crippen molar-refractivity contribution in [1.29, 1.82) is 0 Å². The second-order valence-corrected chi connectivity index (χ2v) is 4.90. The second kappa shape index (κ2) is 7.18. The summed E-state index contributed by atoms with van der Waals surface area (Å²) in [6.45, 7) is 12.0. The molecule has 0 aromatic rings. The van der Waals surface area contributed by atoms with Crippen LogP contribution in [0, 0.1) is 0 Å². The molecule has 0 aliphatic carbocycles. The van der Waals surface area contributed by atoms with Crippen LogP contribution in [0.1, 0.15) is 20.8 Å². The fraction of sp³-hybridized carbons (Fsp3) is 0.615. The fourth-order valence-corrected chi connectivity index (χ4v) is 1.35. The number of aliphatic hydroxyl groups is 2. The first kappa shape index (κ1) is 16.7. The molecule has 0 fully saturated rings. The van der Waals surface area contributed by atoms with Crippen molar-refractivity contribution in [2.24, 2.45) is 0 Å². The number of hydrogen-bond donors (Lipinski definition) is 2. The highest BCUT2D eigenvalue weighted by Gasteiger charge is 2.30. The van der Waals surface area contributed by atoms with Gasteiger partial charge in [-0.1, -0.05) is 12.2 Å². The molecule has 0 aliphatic rings. The summed E-state index contributed by atoms with van der Waals surface area (Å²) in [5, 5.41) is 19.0. The first-order valence-electron chi connectivity index (χ1n) is 5.78. The summed E-state index contributed by atoms with van der Waals surface area (Å²) in [4.78, 5) is 13.2. The maximum Gasteiger partial charge on any atom is 0.411 e. The SMILES string of the molecule is C=CCN(C(=O)OC(C)(C)C)[C@@H](CO)[C@H](O)C=C. The van der Waals surface area contributed by atoms with Gasteiger partial charge in [-0.15, -0.1) is 13.2 Å². The Morgan fingerprint density at radius 3 is 2.33 bits per heavy atom. The maximum absolute atomic E-state index is 12.0. The normalized spacial score (nSPS) is 14.5. The highest BCUT2D eigenvalue weighted by Crippen LogP contribution is 2.14. The number of hydrogen-bond acceptors (Lipinski definition) is 4. The molecule has 5 nitrogen and oxygen atoms in total. The third kappa shape index (κ3) is 5.33. The smallest absolute Gasteiger partial charge is 0.411 e. The van der Waals surface area contributed by atoms with Gasteiger partial charge in [0.2, 0.25) is 0 Å². The summed E-state index contributed by atoms with van der Waals surface area (Å²) in [7, 11) is 0. The molecule has 0 bridgehead atoms. The molecule has 0 saturated carbocycles. The number of nitrogens with zero attached hydrogens (tertiary/aromatic N) is 1. The van der Waals surface area contributed by atoms with E-state index in [2.05, 4.69) is 13.2 Å². The molecule has 0 radical (unpaired) electrons. The molecule has 2 atom stereocenters. The summed E-state index contributed by atoms with van der Waals surface area (Å²) >= 11 is 0. The molecule has 0 saturated heterocycles. The number of aliphatic hydroxyl groups excluding tert-OH is 2. The molecule has 1 amide bonds. The molecular formula is C13H23NO4. The van der Waals surface area contributed by atoms with Crippen molar-refractivity contribution in [1.82, 2.24) is 4.90 Å². The van der Waals surface area contributed by atoms with Crippen LogP contribution in [0.4, 0.5) is 4.79 Å². The summed E-state index contributed by atoms with van der Waals surface area (Å²) in [6.07, 6.45) is 1.13. The van der Waals surface area contributed by atoms with Crippen LogP contribution in [-0.4, -0.2) is 52.1 Å². The first-order valence-corrected chi connectivity index (χ1v) is 5.78. The highest BCUT2D eigenvalue weighted by atomic mass is 16.6. The minimum atomic E-state index is -1.03. The Morgan fingerprint density at radius 1 is 1.44 bits per heavy atom. The number of carbonyl (C=O) groups excluding carboxylic acids is 1. The minimum Gasteiger partial charge on any atom is -0.444 e. The van der Waals surface area contributed by atoms with E-state index >= 15 is 0 Å². The van der Waals surface area contributed by atoms with Gasteiger partial charge in [0.1, 0.15) is 5.60 Å². The first-order chi connectivity index (χ1) is 8.26. The summed E-state index contributed by atoms with van der Waals surface area (Å²) in [5.74, 6) is 0. The zero-order valence-electron chi connectivity index (χ0n) is 11.3. The Bertz CT molecular complexity index is 296. The number of amides is 1. The van der Waals surface area contributed by atoms with Crippen molar-refractivity contribution in [2.45, 2.75) is 38.5 Å². The van der Waals surface area contributed by atoms with Gasteiger partial charge in [0.15, 0.2) is 0 Å². The third-order valence-corrected chi connectivity index (χ3v) is 2.18. The predicted octanol–water partition coefficient (Wildman–Crippen LogP) is 1.32. The van der Waals surface area contributed by atoms with Crippen molar-refractivity contribution in [3.8, 4) is 0 Å². The van der Waals surface area contributed by atoms with Gasteiger partial charge in [-0.3, -0.25) is 4.90 Å². The van der Waals surface area contributed by atoms with E-state index in [1.807, 2.05) is 0 Å². The molecule has 104 valence electrons. The average molecular weight is 257 g/mol. The molecule has 2 N–H and O–H groups in total. The van der Waals surface area contributed by atoms with Gasteiger partial charge in [-0.2, -0.15) is 0 Å². The number of ether oxygens (including phenoxy) is 1. The van der Waals surface area contributed by atoms with Crippen LogP contribution in [0.5, 0.6) is 0 Å². The Balaban J connectivity index is 4.97. The average Bonchev–Trinajstić information content (AvgIpc) is 2.26. The van der Waals surface area contributed by atoms with Crippen LogP contribution >= 0.6 is 0 Å². The zero-order chi connectivity index (χ0) is 14.3. The predicted molar refractivity (Wildman–Crippen MR) is 70.2 cm³/mol. The van der Waals surface area contributed by atoms with E-state index in [-0.39, 0.29) is 13.2 Å². The van der Waals surface area contributed by atoms with Crippen LogP contribution in [0.25, 0.3) is 0 Å². The van der Waals surface area contributed by atoms with Crippen molar-refractivity contribution in [3.05, 3.63) is 25.3 Å². The molecule has 0 aromatic carbocycles. The monoisotopic (exact) mass is 257 g/mol. The molecular weight excluding hydrogens is 234 g/mol. The van der Waals surface area contributed by atoms with Gasteiger partial charge in [0.05, 0.1) is 18.8 Å². The molecule has 0 rings (SSSR count). The lowest BCUT2D eigenvalue weighted by Gasteiger charge is -2.33. The topological polar surface area (TPSA) is 70.0 Å². The Kier molecular flexibility index (Phi) is 6.65. The van der Waals surface area contributed by atoms with E-state index in [9.17, 15) is 15.0 Å².